The normalized spacial score (nSPS) is 16.3. The third-order valence-electron chi connectivity index (χ3n) is 5.13. The van der Waals surface area contributed by atoms with E-state index < -0.39 is 23.1 Å². The molecule has 0 spiro atoms. The summed E-state index contributed by atoms with van der Waals surface area (Å²) in [6, 6.07) is 8.57. The molecule has 0 atom stereocenters. The van der Waals surface area contributed by atoms with Gasteiger partial charge < -0.3 is 14.7 Å². The van der Waals surface area contributed by atoms with Crippen molar-refractivity contribution in [1.82, 2.24) is 4.90 Å². The zero-order valence-corrected chi connectivity index (χ0v) is 15.5. The lowest BCUT2D eigenvalue weighted by molar-refractivity contribution is -0.0476. The van der Waals surface area contributed by atoms with Crippen molar-refractivity contribution in [1.29, 1.82) is 0 Å². The topological polar surface area (TPSA) is 49.8 Å². The van der Waals surface area contributed by atoms with Crippen LogP contribution in [0, 0.1) is 25.5 Å². The summed E-state index contributed by atoms with van der Waals surface area (Å²) in [6.07, 6.45) is 0.612. The maximum atomic E-state index is 13.8. The molecule has 2 aromatic carbocycles. The number of ether oxygens (including phenoxy) is 1. The number of aliphatic hydroxyl groups is 1. The fourth-order valence-corrected chi connectivity index (χ4v) is 3.12. The fourth-order valence-electron chi connectivity index (χ4n) is 3.12. The molecule has 0 aromatic heterocycles. The van der Waals surface area contributed by atoms with E-state index in [9.17, 15) is 18.7 Å². The van der Waals surface area contributed by atoms with Crippen molar-refractivity contribution in [2.45, 2.75) is 32.3 Å². The molecule has 0 saturated carbocycles. The minimum atomic E-state index is -1.06. The molecule has 6 heteroatoms. The monoisotopic (exact) mass is 375 g/mol. The highest BCUT2D eigenvalue weighted by Crippen LogP contribution is 2.26. The van der Waals surface area contributed by atoms with E-state index in [2.05, 4.69) is 0 Å². The number of hydrogen-bond donors (Lipinski definition) is 1. The van der Waals surface area contributed by atoms with Crippen LogP contribution >= 0.6 is 0 Å². The Kier molecular flexibility index (Phi) is 5.46. The second-order valence-corrected chi connectivity index (χ2v) is 7.18. The number of benzene rings is 2. The number of carbonyl (C=O) groups excluding carboxylic acids is 1. The SMILES string of the molecule is Cc1ccc(OCC2(O)CCN(C(=O)c3cc(F)ccc3F)CC2)cc1C. The first-order valence-electron chi connectivity index (χ1n) is 8.94. The molecule has 144 valence electrons. The van der Waals surface area contributed by atoms with Crippen molar-refractivity contribution in [3.63, 3.8) is 0 Å². The lowest BCUT2D eigenvalue weighted by Gasteiger charge is -2.38. The van der Waals surface area contributed by atoms with Gasteiger partial charge in [0.2, 0.25) is 0 Å². The Bertz CT molecular complexity index is 845. The Morgan fingerprint density at radius 1 is 1.11 bits per heavy atom. The number of aryl methyl sites for hydroxylation is 2. The lowest BCUT2D eigenvalue weighted by Crippen LogP contribution is -2.49. The van der Waals surface area contributed by atoms with Gasteiger partial charge in [0.15, 0.2) is 0 Å². The van der Waals surface area contributed by atoms with Gasteiger partial charge in [0.05, 0.1) is 5.56 Å². The van der Waals surface area contributed by atoms with Gasteiger partial charge in [0, 0.05) is 13.1 Å². The highest BCUT2D eigenvalue weighted by molar-refractivity contribution is 5.94. The average Bonchev–Trinajstić information content (AvgIpc) is 2.65. The van der Waals surface area contributed by atoms with Crippen molar-refractivity contribution >= 4 is 5.91 Å². The molecule has 0 unspecified atom stereocenters. The van der Waals surface area contributed by atoms with E-state index in [1.54, 1.807) is 0 Å². The summed E-state index contributed by atoms with van der Waals surface area (Å²) in [5.74, 6) is -1.29. The largest absolute Gasteiger partial charge is 0.491 e. The zero-order valence-electron chi connectivity index (χ0n) is 15.5. The number of piperidine rings is 1. The Morgan fingerprint density at radius 2 is 1.81 bits per heavy atom. The fraction of sp³-hybridized carbons (Fsp3) is 0.381. The van der Waals surface area contributed by atoms with Gasteiger partial charge in [0.25, 0.3) is 5.91 Å². The van der Waals surface area contributed by atoms with Crippen LogP contribution in [0.25, 0.3) is 0 Å². The summed E-state index contributed by atoms with van der Waals surface area (Å²) in [5.41, 5.74) is 0.928. The van der Waals surface area contributed by atoms with Crippen LogP contribution in [0.15, 0.2) is 36.4 Å². The molecule has 1 heterocycles. The van der Waals surface area contributed by atoms with Crippen LogP contribution in [-0.2, 0) is 0 Å². The molecule has 1 fully saturated rings. The van der Waals surface area contributed by atoms with Crippen molar-refractivity contribution in [2.24, 2.45) is 0 Å². The molecule has 1 amide bonds. The molecule has 3 rings (SSSR count). The third kappa shape index (κ3) is 4.45. The molecule has 4 nitrogen and oxygen atoms in total. The second-order valence-electron chi connectivity index (χ2n) is 7.18. The van der Waals surface area contributed by atoms with Crippen LogP contribution in [0.4, 0.5) is 8.78 Å². The highest BCUT2D eigenvalue weighted by Gasteiger charge is 2.35. The van der Waals surface area contributed by atoms with Crippen molar-refractivity contribution in [3.05, 3.63) is 64.7 Å². The highest BCUT2D eigenvalue weighted by atomic mass is 19.1. The van der Waals surface area contributed by atoms with Crippen molar-refractivity contribution in [2.75, 3.05) is 19.7 Å². The average molecular weight is 375 g/mol. The van der Waals surface area contributed by atoms with Crippen molar-refractivity contribution in [3.8, 4) is 5.75 Å². The van der Waals surface area contributed by atoms with Crippen molar-refractivity contribution < 1.29 is 23.4 Å². The predicted molar refractivity (Wildman–Crippen MR) is 97.9 cm³/mol. The second kappa shape index (κ2) is 7.64. The molecule has 0 radical (unpaired) electrons. The zero-order chi connectivity index (χ0) is 19.6. The molecule has 0 aliphatic carbocycles. The number of carbonyl (C=O) groups is 1. The summed E-state index contributed by atoms with van der Waals surface area (Å²) in [7, 11) is 0. The standard InChI is InChI=1S/C21H23F2NO3/c1-14-3-5-17(11-15(14)2)27-13-21(26)7-9-24(10-8-21)20(25)18-12-16(22)4-6-19(18)23/h3-6,11-12,26H,7-10,13H2,1-2H3. The molecular formula is C21H23F2NO3. The summed E-state index contributed by atoms with van der Waals surface area (Å²) >= 11 is 0. The van der Waals surface area contributed by atoms with Crippen LogP contribution < -0.4 is 4.74 Å². The van der Waals surface area contributed by atoms with E-state index in [0.29, 0.717) is 18.6 Å². The van der Waals surface area contributed by atoms with Crippen LogP contribution in [-0.4, -0.2) is 41.2 Å². The van der Waals surface area contributed by atoms with E-state index in [1.807, 2.05) is 32.0 Å². The van der Waals surface area contributed by atoms with Crippen LogP contribution in [0.3, 0.4) is 0 Å². The van der Waals surface area contributed by atoms with Gasteiger partial charge in [-0.25, -0.2) is 8.78 Å². The van der Waals surface area contributed by atoms with Crippen LogP contribution in [0.1, 0.15) is 34.3 Å². The maximum Gasteiger partial charge on any atom is 0.256 e. The number of halogens is 2. The van der Waals surface area contributed by atoms with Crippen LogP contribution in [0.5, 0.6) is 5.75 Å². The Balaban J connectivity index is 1.59. The summed E-state index contributed by atoms with van der Waals surface area (Å²) < 4.78 is 32.9. The summed E-state index contributed by atoms with van der Waals surface area (Å²) in [5, 5.41) is 10.7. The van der Waals surface area contributed by atoms with E-state index in [4.69, 9.17) is 4.74 Å². The number of amides is 1. The van der Waals surface area contributed by atoms with Gasteiger partial charge >= 0.3 is 0 Å². The van der Waals surface area contributed by atoms with Gasteiger partial charge in [-0.15, -0.1) is 0 Å². The molecule has 1 saturated heterocycles. The van der Waals surface area contributed by atoms with Crippen LogP contribution in [0.2, 0.25) is 0 Å². The Hall–Kier alpha value is -2.47. The quantitative estimate of drug-likeness (QED) is 0.888. The molecular weight excluding hydrogens is 352 g/mol. The van der Waals surface area contributed by atoms with Gasteiger partial charge in [-0.3, -0.25) is 4.79 Å². The van der Waals surface area contributed by atoms with E-state index >= 15 is 0 Å². The first-order valence-corrected chi connectivity index (χ1v) is 8.94. The molecule has 1 aliphatic rings. The van der Waals surface area contributed by atoms with E-state index in [0.717, 1.165) is 29.3 Å². The number of rotatable bonds is 4. The van der Waals surface area contributed by atoms with Gasteiger partial charge in [0.1, 0.15) is 29.6 Å². The Labute approximate surface area is 157 Å². The van der Waals surface area contributed by atoms with E-state index in [1.165, 1.54) is 4.90 Å². The molecule has 1 aliphatic heterocycles. The summed E-state index contributed by atoms with van der Waals surface area (Å²) in [6.45, 7) is 4.63. The molecule has 0 bridgehead atoms. The first kappa shape index (κ1) is 19.3. The van der Waals surface area contributed by atoms with Gasteiger partial charge in [-0.05, 0) is 68.1 Å². The minimum Gasteiger partial charge on any atom is -0.491 e. The van der Waals surface area contributed by atoms with E-state index in [-0.39, 0.29) is 25.3 Å². The number of likely N-dealkylation sites (tertiary alicyclic amines) is 1. The van der Waals surface area contributed by atoms with Gasteiger partial charge in [-0.1, -0.05) is 6.07 Å². The Morgan fingerprint density at radius 3 is 2.48 bits per heavy atom. The molecule has 1 N–H and O–H groups in total. The maximum absolute atomic E-state index is 13.8. The third-order valence-corrected chi connectivity index (χ3v) is 5.13. The summed E-state index contributed by atoms with van der Waals surface area (Å²) in [4.78, 5) is 13.9. The smallest absolute Gasteiger partial charge is 0.256 e. The molecule has 27 heavy (non-hydrogen) atoms. The number of hydrogen-bond acceptors (Lipinski definition) is 3. The first-order chi connectivity index (χ1) is 12.8. The minimum absolute atomic E-state index is 0.117. The number of nitrogens with zero attached hydrogens (tertiary/aromatic N) is 1. The lowest BCUT2D eigenvalue weighted by atomic mass is 9.92. The van der Waals surface area contributed by atoms with Gasteiger partial charge in [-0.2, -0.15) is 0 Å². The predicted octanol–water partition coefficient (Wildman–Crippen LogP) is 3.63. The molecule has 2 aromatic rings.